The second-order valence-electron chi connectivity index (χ2n) is 5.78. The highest BCUT2D eigenvalue weighted by atomic mass is 16.5. The van der Waals surface area contributed by atoms with Crippen LogP contribution in [0.1, 0.15) is 20.8 Å². The molecule has 2 aliphatic heterocycles. The normalized spacial score (nSPS) is 33.0. The average molecular weight is 300 g/mol. The summed E-state index contributed by atoms with van der Waals surface area (Å²) in [5.74, 6) is -1.56. The van der Waals surface area contributed by atoms with E-state index in [0.29, 0.717) is 19.6 Å². The number of carboxylic acid groups (broad SMARTS) is 1. The van der Waals surface area contributed by atoms with Gasteiger partial charge in [0, 0.05) is 19.6 Å². The molecule has 4 atom stereocenters. The van der Waals surface area contributed by atoms with Crippen molar-refractivity contribution in [3.63, 3.8) is 0 Å². The van der Waals surface area contributed by atoms with E-state index in [1.54, 1.807) is 9.80 Å². The second-order valence-corrected chi connectivity index (χ2v) is 5.78. The Morgan fingerprint density at radius 2 is 1.86 bits per heavy atom. The SMILES string of the molecule is CCN(C(=O)N1CC(C)OC(C)C1)C1COCC1C(=O)O. The van der Waals surface area contributed by atoms with Crippen molar-refractivity contribution in [3.8, 4) is 0 Å². The monoisotopic (exact) mass is 300 g/mol. The third-order valence-corrected chi connectivity index (χ3v) is 4.04. The summed E-state index contributed by atoms with van der Waals surface area (Å²) in [5.41, 5.74) is 0. The number of carbonyl (C=O) groups is 2. The van der Waals surface area contributed by atoms with Crippen LogP contribution < -0.4 is 0 Å². The van der Waals surface area contributed by atoms with Gasteiger partial charge in [0.15, 0.2) is 0 Å². The fraction of sp³-hybridized carbons (Fsp3) is 0.857. The molecule has 4 unspecified atom stereocenters. The lowest BCUT2D eigenvalue weighted by Gasteiger charge is -2.40. The van der Waals surface area contributed by atoms with E-state index in [-0.39, 0.29) is 31.5 Å². The zero-order chi connectivity index (χ0) is 15.6. The molecule has 0 aliphatic carbocycles. The number of morpholine rings is 1. The first-order valence-electron chi connectivity index (χ1n) is 7.45. The van der Waals surface area contributed by atoms with Crippen molar-refractivity contribution in [1.82, 2.24) is 9.80 Å². The summed E-state index contributed by atoms with van der Waals surface area (Å²) < 4.78 is 10.9. The van der Waals surface area contributed by atoms with Gasteiger partial charge in [-0.3, -0.25) is 4.79 Å². The number of amides is 2. The summed E-state index contributed by atoms with van der Waals surface area (Å²) in [5, 5.41) is 9.25. The van der Waals surface area contributed by atoms with Crippen LogP contribution in [0.15, 0.2) is 0 Å². The molecule has 0 saturated carbocycles. The highest BCUT2D eigenvalue weighted by molar-refractivity contribution is 5.77. The fourth-order valence-corrected chi connectivity index (χ4v) is 3.11. The Kier molecular flexibility index (Phi) is 5.05. The van der Waals surface area contributed by atoms with E-state index in [0.717, 1.165) is 0 Å². The molecule has 0 aromatic rings. The lowest BCUT2D eigenvalue weighted by Crippen LogP contribution is -2.56. The molecule has 0 bridgehead atoms. The van der Waals surface area contributed by atoms with Crippen molar-refractivity contribution >= 4 is 12.0 Å². The minimum absolute atomic E-state index is 0.00787. The van der Waals surface area contributed by atoms with Crippen molar-refractivity contribution in [2.75, 3.05) is 32.8 Å². The summed E-state index contributed by atoms with van der Waals surface area (Å²) >= 11 is 0. The molecule has 7 nitrogen and oxygen atoms in total. The van der Waals surface area contributed by atoms with Gasteiger partial charge in [0.2, 0.25) is 0 Å². The van der Waals surface area contributed by atoms with Crippen LogP contribution in [0.4, 0.5) is 4.79 Å². The number of rotatable bonds is 3. The van der Waals surface area contributed by atoms with Crippen LogP contribution in [0.25, 0.3) is 0 Å². The highest BCUT2D eigenvalue weighted by Gasteiger charge is 2.41. The number of carbonyl (C=O) groups excluding carboxylic acids is 1. The third-order valence-electron chi connectivity index (χ3n) is 4.04. The first-order valence-corrected chi connectivity index (χ1v) is 7.45. The van der Waals surface area contributed by atoms with Crippen LogP contribution in [0, 0.1) is 5.92 Å². The molecule has 0 spiro atoms. The lowest BCUT2D eigenvalue weighted by molar-refractivity contribution is -0.143. The van der Waals surface area contributed by atoms with E-state index >= 15 is 0 Å². The van der Waals surface area contributed by atoms with Crippen LogP contribution in [0.3, 0.4) is 0 Å². The van der Waals surface area contributed by atoms with E-state index in [1.807, 2.05) is 20.8 Å². The number of hydrogen-bond donors (Lipinski definition) is 1. The van der Waals surface area contributed by atoms with Crippen LogP contribution in [0.2, 0.25) is 0 Å². The minimum atomic E-state index is -0.910. The van der Waals surface area contributed by atoms with Crippen LogP contribution in [0.5, 0.6) is 0 Å². The number of nitrogens with zero attached hydrogens (tertiary/aromatic N) is 2. The summed E-state index contributed by atoms with van der Waals surface area (Å²) in [6, 6.07) is -0.519. The van der Waals surface area contributed by atoms with Gasteiger partial charge in [-0.25, -0.2) is 4.79 Å². The molecule has 7 heteroatoms. The molecule has 2 aliphatic rings. The summed E-state index contributed by atoms with van der Waals surface area (Å²) in [7, 11) is 0. The average Bonchev–Trinajstić information content (AvgIpc) is 2.87. The van der Waals surface area contributed by atoms with Gasteiger partial charge in [0.1, 0.15) is 5.92 Å². The summed E-state index contributed by atoms with van der Waals surface area (Å²) in [4.78, 5) is 27.4. The van der Waals surface area contributed by atoms with Crippen molar-refractivity contribution in [1.29, 1.82) is 0 Å². The Hall–Kier alpha value is -1.34. The van der Waals surface area contributed by atoms with Gasteiger partial charge in [-0.15, -0.1) is 0 Å². The Bertz CT molecular complexity index is 393. The number of likely N-dealkylation sites (N-methyl/N-ethyl adjacent to an activating group) is 1. The quantitative estimate of drug-likeness (QED) is 0.827. The summed E-state index contributed by atoms with van der Waals surface area (Å²) in [6.45, 7) is 7.72. The molecule has 0 radical (unpaired) electrons. The molecule has 0 aromatic carbocycles. The first-order chi connectivity index (χ1) is 9.93. The Labute approximate surface area is 124 Å². The van der Waals surface area contributed by atoms with E-state index in [4.69, 9.17) is 9.47 Å². The van der Waals surface area contributed by atoms with Crippen LogP contribution in [-0.4, -0.2) is 78.0 Å². The maximum Gasteiger partial charge on any atom is 0.320 e. The first kappa shape index (κ1) is 16.0. The zero-order valence-corrected chi connectivity index (χ0v) is 12.8. The predicted octanol–water partition coefficient (Wildman–Crippen LogP) is 0.637. The molecule has 2 amide bonds. The molecule has 0 aromatic heterocycles. The van der Waals surface area contributed by atoms with Crippen LogP contribution in [-0.2, 0) is 14.3 Å². The molecule has 2 saturated heterocycles. The van der Waals surface area contributed by atoms with Crippen molar-refractivity contribution < 1.29 is 24.2 Å². The number of aliphatic carboxylic acids is 1. The largest absolute Gasteiger partial charge is 0.481 e. The number of urea groups is 1. The van der Waals surface area contributed by atoms with Gasteiger partial charge in [-0.1, -0.05) is 0 Å². The number of ether oxygens (including phenoxy) is 2. The number of hydrogen-bond acceptors (Lipinski definition) is 4. The van der Waals surface area contributed by atoms with E-state index in [2.05, 4.69) is 0 Å². The fourth-order valence-electron chi connectivity index (χ4n) is 3.11. The minimum Gasteiger partial charge on any atom is -0.481 e. The van der Waals surface area contributed by atoms with Gasteiger partial charge in [0.05, 0.1) is 31.5 Å². The Balaban J connectivity index is 2.09. The van der Waals surface area contributed by atoms with Crippen LogP contribution >= 0.6 is 0 Å². The van der Waals surface area contributed by atoms with Crippen molar-refractivity contribution in [2.45, 2.75) is 39.0 Å². The smallest absolute Gasteiger partial charge is 0.320 e. The van der Waals surface area contributed by atoms with E-state index in [1.165, 1.54) is 0 Å². The maximum absolute atomic E-state index is 12.7. The molecule has 2 heterocycles. The maximum atomic E-state index is 12.7. The molecule has 2 rings (SSSR count). The standard InChI is InChI=1S/C14H24N2O5/c1-4-16(12-8-20-7-11(12)13(17)18)14(19)15-5-9(2)21-10(3)6-15/h9-12H,4-8H2,1-3H3,(H,17,18). The second kappa shape index (κ2) is 6.62. The lowest BCUT2D eigenvalue weighted by atomic mass is 10.0. The van der Waals surface area contributed by atoms with Gasteiger partial charge in [-0.05, 0) is 20.8 Å². The molecule has 120 valence electrons. The molecule has 21 heavy (non-hydrogen) atoms. The van der Waals surface area contributed by atoms with Crippen molar-refractivity contribution in [2.24, 2.45) is 5.92 Å². The Morgan fingerprint density at radius 3 is 2.38 bits per heavy atom. The zero-order valence-electron chi connectivity index (χ0n) is 12.8. The van der Waals surface area contributed by atoms with Crippen molar-refractivity contribution in [3.05, 3.63) is 0 Å². The highest BCUT2D eigenvalue weighted by Crippen LogP contribution is 2.22. The van der Waals surface area contributed by atoms with Gasteiger partial charge in [-0.2, -0.15) is 0 Å². The molecular formula is C14H24N2O5. The Morgan fingerprint density at radius 1 is 1.24 bits per heavy atom. The third kappa shape index (κ3) is 3.47. The van der Waals surface area contributed by atoms with E-state index in [9.17, 15) is 14.7 Å². The van der Waals surface area contributed by atoms with Gasteiger partial charge < -0.3 is 24.4 Å². The summed E-state index contributed by atoms with van der Waals surface area (Å²) in [6.07, 6.45) is -0.0157. The molecule has 1 N–H and O–H groups in total. The predicted molar refractivity (Wildman–Crippen MR) is 75.1 cm³/mol. The topological polar surface area (TPSA) is 79.3 Å². The molecular weight excluding hydrogens is 276 g/mol. The number of carboxylic acids is 1. The van der Waals surface area contributed by atoms with E-state index < -0.39 is 17.9 Å². The van der Waals surface area contributed by atoms with Gasteiger partial charge in [0.25, 0.3) is 0 Å². The molecule has 2 fully saturated rings. The van der Waals surface area contributed by atoms with Gasteiger partial charge >= 0.3 is 12.0 Å².